The first-order valence-electron chi connectivity index (χ1n) is 4.21. The first-order valence-corrected chi connectivity index (χ1v) is 4.21. The number of H-pyrrole nitrogens is 1. The molecule has 3 nitrogen and oxygen atoms in total. The van der Waals surface area contributed by atoms with Crippen LogP contribution in [0.5, 0.6) is 5.88 Å². The van der Waals surface area contributed by atoms with Crippen LogP contribution < -0.4 is 4.74 Å². The number of nitrogens with zero attached hydrogens (tertiary/aromatic N) is 1. The Kier molecular flexibility index (Phi) is 2.44. The number of imidazole rings is 1. The van der Waals surface area contributed by atoms with E-state index in [4.69, 9.17) is 4.74 Å². The largest absolute Gasteiger partial charge is 0.473 e. The monoisotopic (exact) mass is 192 g/mol. The van der Waals surface area contributed by atoms with Crippen molar-refractivity contribution in [2.75, 3.05) is 0 Å². The van der Waals surface area contributed by atoms with Crippen LogP contribution in [-0.2, 0) is 6.61 Å². The maximum Gasteiger partial charge on any atom is 0.211 e. The Morgan fingerprint density at radius 1 is 1.36 bits per heavy atom. The van der Waals surface area contributed by atoms with Crippen LogP contribution in [0.4, 0.5) is 4.39 Å². The van der Waals surface area contributed by atoms with Crippen LogP contribution in [0.25, 0.3) is 0 Å². The van der Waals surface area contributed by atoms with Crippen molar-refractivity contribution < 1.29 is 9.13 Å². The van der Waals surface area contributed by atoms with E-state index < -0.39 is 0 Å². The Morgan fingerprint density at radius 2 is 2.21 bits per heavy atom. The molecule has 0 saturated heterocycles. The number of benzene rings is 1. The molecule has 1 aromatic heterocycles. The zero-order valence-electron chi connectivity index (χ0n) is 7.40. The lowest BCUT2D eigenvalue weighted by Gasteiger charge is -2.03. The fourth-order valence-electron chi connectivity index (χ4n) is 1.09. The van der Waals surface area contributed by atoms with E-state index in [2.05, 4.69) is 9.97 Å². The van der Waals surface area contributed by atoms with Crippen LogP contribution >= 0.6 is 0 Å². The second-order valence-corrected chi connectivity index (χ2v) is 2.80. The summed E-state index contributed by atoms with van der Waals surface area (Å²) >= 11 is 0. The van der Waals surface area contributed by atoms with Gasteiger partial charge in [-0.15, -0.1) is 0 Å². The number of aromatic amines is 1. The molecule has 0 aliphatic heterocycles. The third kappa shape index (κ3) is 1.90. The highest BCUT2D eigenvalue weighted by atomic mass is 19.1. The van der Waals surface area contributed by atoms with Gasteiger partial charge in [-0.2, -0.15) is 0 Å². The minimum atomic E-state index is -0.257. The van der Waals surface area contributed by atoms with E-state index in [0.29, 0.717) is 11.4 Å². The van der Waals surface area contributed by atoms with Gasteiger partial charge in [0.25, 0.3) is 0 Å². The van der Waals surface area contributed by atoms with Crippen molar-refractivity contribution in [2.45, 2.75) is 6.61 Å². The van der Waals surface area contributed by atoms with E-state index in [9.17, 15) is 4.39 Å². The Morgan fingerprint density at radius 3 is 2.93 bits per heavy atom. The van der Waals surface area contributed by atoms with E-state index in [0.717, 1.165) is 0 Å². The zero-order chi connectivity index (χ0) is 9.80. The summed E-state index contributed by atoms with van der Waals surface area (Å²) in [5, 5.41) is 0. The SMILES string of the molecule is Fc1ccccc1COc1cnc[nH]1. The molecule has 1 N–H and O–H groups in total. The second kappa shape index (κ2) is 3.91. The molecule has 0 amide bonds. The van der Waals surface area contributed by atoms with Crippen molar-refractivity contribution in [3.8, 4) is 5.88 Å². The summed E-state index contributed by atoms with van der Waals surface area (Å²) in [7, 11) is 0. The molecule has 0 aliphatic carbocycles. The van der Waals surface area contributed by atoms with Crippen molar-refractivity contribution in [1.82, 2.24) is 9.97 Å². The lowest BCUT2D eigenvalue weighted by Crippen LogP contribution is -1.97. The van der Waals surface area contributed by atoms with Gasteiger partial charge in [-0.25, -0.2) is 9.37 Å². The van der Waals surface area contributed by atoms with Gasteiger partial charge in [0.15, 0.2) is 0 Å². The number of rotatable bonds is 3. The molecule has 0 bridgehead atoms. The first kappa shape index (κ1) is 8.74. The van der Waals surface area contributed by atoms with Crippen LogP contribution in [0, 0.1) is 5.82 Å². The number of halogens is 1. The van der Waals surface area contributed by atoms with E-state index in [1.165, 1.54) is 12.4 Å². The minimum absolute atomic E-state index is 0.203. The van der Waals surface area contributed by atoms with Crippen LogP contribution in [0.1, 0.15) is 5.56 Å². The van der Waals surface area contributed by atoms with Crippen molar-refractivity contribution in [3.05, 3.63) is 48.2 Å². The number of hydrogen-bond donors (Lipinski definition) is 1. The normalized spacial score (nSPS) is 10.1. The fourth-order valence-corrected chi connectivity index (χ4v) is 1.09. The number of ether oxygens (including phenoxy) is 1. The maximum absolute atomic E-state index is 13.1. The lowest BCUT2D eigenvalue weighted by atomic mass is 10.2. The quantitative estimate of drug-likeness (QED) is 0.808. The highest BCUT2D eigenvalue weighted by Gasteiger charge is 2.01. The Bertz CT molecular complexity index is 400. The summed E-state index contributed by atoms with van der Waals surface area (Å²) < 4.78 is 18.4. The first-order chi connectivity index (χ1) is 6.86. The second-order valence-electron chi connectivity index (χ2n) is 2.80. The Labute approximate surface area is 80.6 Å². The topological polar surface area (TPSA) is 37.9 Å². The van der Waals surface area contributed by atoms with Crippen LogP contribution in [-0.4, -0.2) is 9.97 Å². The van der Waals surface area contributed by atoms with Crippen LogP contribution in [0.3, 0.4) is 0 Å². The molecule has 0 atom stereocenters. The summed E-state index contributed by atoms with van der Waals surface area (Å²) in [6, 6.07) is 6.51. The average molecular weight is 192 g/mol. The molecule has 0 unspecified atom stereocenters. The molecule has 0 spiro atoms. The van der Waals surface area contributed by atoms with Gasteiger partial charge in [0.05, 0.1) is 12.5 Å². The highest BCUT2D eigenvalue weighted by Crippen LogP contribution is 2.10. The van der Waals surface area contributed by atoms with Crippen molar-refractivity contribution >= 4 is 0 Å². The van der Waals surface area contributed by atoms with Gasteiger partial charge in [0.2, 0.25) is 5.88 Å². The van der Waals surface area contributed by atoms with Gasteiger partial charge < -0.3 is 9.72 Å². The summed E-state index contributed by atoms with van der Waals surface area (Å²) in [6.45, 7) is 0.203. The number of hydrogen-bond acceptors (Lipinski definition) is 2. The molecule has 0 aliphatic rings. The molecule has 14 heavy (non-hydrogen) atoms. The Hall–Kier alpha value is -1.84. The predicted octanol–water partition coefficient (Wildman–Crippen LogP) is 2.13. The molecular weight excluding hydrogens is 183 g/mol. The van der Waals surface area contributed by atoms with E-state index in [-0.39, 0.29) is 12.4 Å². The van der Waals surface area contributed by atoms with Crippen molar-refractivity contribution in [2.24, 2.45) is 0 Å². The summed E-state index contributed by atoms with van der Waals surface area (Å²) in [6.07, 6.45) is 3.05. The van der Waals surface area contributed by atoms with Crippen molar-refractivity contribution in [1.29, 1.82) is 0 Å². The molecule has 4 heteroatoms. The number of nitrogens with one attached hydrogen (secondary N) is 1. The fraction of sp³-hybridized carbons (Fsp3) is 0.100. The summed E-state index contributed by atoms with van der Waals surface area (Å²) in [4.78, 5) is 6.55. The molecule has 0 saturated carbocycles. The molecule has 2 aromatic rings. The zero-order valence-corrected chi connectivity index (χ0v) is 7.40. The molecule has 2 rings (SSSR count). The van der Waals surface area contributed by atoms with E-state index in [1.54, 1.807) is 24.4 Å². The van der Waals surface area contributed by atoms with Gasteiger partial charge >= 0.3 is 0 Å². The van der Waals surface area contributed by atoms with Crippen LogP contribution in [0.2, 0.25) is 0 Å². The third-order valence-electron chi connectivity index (χ3n) is 1.81. The summed E-state index contributed by atoms with van der Waals surface area (Å²) in [5.41, 5.74) is 0.530. The third-order valence-corrected chi connectivity index (χ3v) is 1.81. The van der Waals surface area contributed by atoms with Gasteiger partial charge in [0.1, 0.15) is 12.4 Å². The molecule has 1 heterocycles. The predicted molar refractivity (Wildman–Crippen MR) is 49.3 cm³/mol. The minimum Gasteiger partial charge on any atom is -0.473 e. The van der Waals surface area contributed by atoms with Crippen LogP contribution in [0.15, 0.2) is 36.8 Å². The van der Waals surface area contributed by atoms with E-state index >= 15 is 0 Å². The van der Waals surface area contributed by atoms with Gasteiger partial charge in [-0.05, 0) is 6.07 Å². The molecule has 0 fully saturated rings. The molecular formula is C10H9FN2O. The lowest BCUT2D eigenvalue weighted by molar-refractivity contribution is 0.289. The van der Waals surface area contributed by atoms with Gasteiger partial charge in [-0.3, -0.25) is 0 Å². The smallest absolute Gasteiger partial charge is 0.211 e. The summed E-state index contributed by atoms with van der Waals surface area (Å²) in [5.74, 6) is 0.278. The van der Waals surface area contributed by atoms with Gasteiger partial charge in [0, 0.05) is 5.56 Å². The number of aromatic nitrogens is 2. The Balaban J connectivity index is 2.02. The highest BCUT2D eigenvalue weighted by molar-refractivity contribution is 5.17. The molecule has 72 valence electrons. The van der Waals surface area contributed by atoms with Gasteiger partial charge in [-0.1, -0.05) is 18.2 Å². The van der Waals surface area contributed by atoms with E-state index in [1.807, 2.05) is 0 Å². The van der Waals surface area contributed by atoms with Crippen molar-refractivity contribution in [3.63, 3.8) is 0 Å². The molecule has 1 aromatic carbocycles. The standard InChI is InChI=1S/C10H9FN2O/c11-9-4-2-1-3-8(9)6-14-10-5-12-7-13-10/h1-5,7H,6H2,(H,12,13). The maximum atomic E-state index is 13.1. The molecule has 0 radical (unpaired) electrons. The average Bonchev–Trinajstić information content (AvgIpc) is 2.69.